The zero-order valence-corrected chi connectivity index (χ0v) is 16.8. The van der Waals surface area contributed by atoms with Crippen molar-refractivity contribution in [2.24, 2.45) is 0 Å². The number of aryl methyl sites for hydroxylation is 2. The Labute approximate surface area is 167 Å². The van der Waals surface area contributed by atoms with E-state index in [1.54, 1.807) is 31.2 Å². The fraction of sp³-hybridized carbons (Fsp3) is 0.250. The molecule has 5 nitrogen and oxygen atoms in total. The molecule has 0 saturated carbocycles. The highest BCUT2D eigenvalue weighted by Gasteiger charge is 2.20. The minimum atomic E-state index is -0.378. The summed E-state index contributed by atoms with van der Waals surface area (Å²) < 4.78 is 11.4. The van der Waals surface area contributed by atoms with Crippen LogP contribution in [-0.4, -0.2) is 21.2 Å². The van der Waals surface area contributed by atoms with E-state index in [2.05, 4.69) is 10.2 Å². The van der Waals surface area contributed by atoms with Crippen LogP contribution < -0.4 is 4.74 Å². The van der Waals surface area contributed by atoms with Gasteiger partial charge in [-0.05, 0) is 50.1 Å². The van der Waals surface area contributed by atoms with Crippen LogP contribution in [0.4, 0.5) is 0 Å². The van der Waals surface area contributed by atoms with E-state index >= 15 is 0 Å². The molecule has 0 spiro atoms. The predicted octanol–water partition coefficient (Wildman–Crippen LogP) is 5.28. The Kier molecular flexibility index (Phi) is 6.19. The van der Waals surface area contributed by atoms with Crippen LogP contribution in [0.5, 0.6) is 5.75 Å². The molecule has 7 heteroatoms. The molecule has 3 rings (SSSR count). The van der Waals surface area contributed by atoms with Crippen LogP contribution in [0.1, 0.15) is 34.3 Å². The number of benzene rings is 2. The largest absolute Gasteiger partial charge is 0.484 e. The lowest BCUT2D eigenvalue weighted by Crippen LogP contribution is -2.13. The summed E-state index contributed by atoms with van der Waals surface area (Å²) in [6.07, 6.45) is 0. The third-order valence-electron chi connectivity index (χ3n) is 3.90. The van der Waals surface area contributed by atoms with E-state index in [1.807, 2.05) is 32.0 Å². The molecule has 1 aromatic heterocycles. The Hall–Kier alpha value is -2.31. The zero-order chi connectivity index (χ0) is 19.4. The number of Topliss-reactive ketones (excluding diaryl/α,β-unsaturated/α-hetero) is 1. The maximum absolute atomic E-state index is 12.5. The van der Waals surface area contributed by atoms with Gasteiger partial charge in [0.1, 0.15) is 5.75 Å². The van der Waals surface area contributed by atoms with E-state index < -0.39 is 0 Å². The van der Waals surface area contributed by atoms with Crippen molar-refractivity contribution >= 4 is 29.1 Å². The Morgan fingerprint density at radius 1 is 1.22 bits per heavy atom. The second kappa shape index (κ2) is 8.59. The lowest BCUT2D eigenvalue weighted by Gasteiger charge is -2.08. The maximum atomic E-state index is 12.5. The highest BCUT2D eigenvalue weighted by atomic mass is 35.5. The lowest BCUT2D eigenvalue weighted by molar-refractivity contribution is 0.0993. The van der Waals surface area contributed by atoms with Crippen LogP contribution >= 0.6 is 23.4 Å². The van der Waals surface area contributed by atoms with Gasteiger partial charge in [0.2, 0.25) is 0 Å². The first-order valence-corrected chi connectivity index (χ1v) is 9.67. The third kappa shape index (κ3) is 5.11. The molecule has 0 aliphatic heterocycles. The first-order valence-electron chi connectivity index (χ1n) is 8.41. The molecule has 2 aromatic carbocycles. The summed E-state index contributed by atoms with van der Waals surface area (Å²) in [7, 11) is 0. The summed E-state index contributed by atoms with van der Waals surface area (Å²) in [5.74, 6) is 1.10. The quantitative estimate of drug-likeness (QED) is 0.395. The average molecular weight is 403 g/mol. The molecular formula is C20H19ClN2O3S. The van der Waals surface area contributed by atoms with Gasteiger partial charge < -0.3 is 9.15 Å². The standard InChI is InChI=1S/C20H19ClN2O3S/c1-12-7-8-13(2)17(9-12)25-11-18-22-23-20(26-18)27-14(3)19(24)15-5-4-6-16(21)10-15/h4-10,14H,11H2,1-3H3. The molecule has 3 aromatic rings. The van der Waals surface area contributed by atoms with Crippen LogP contribution in [0.15, 0.2) is 52.1 Å². The second-order valence-corrected chi connectivity index (χ2v) is 7.88. The molecule has 0 bridgehead atoms. The number of rotatable bonds is 7. The molecule has 1 atom stereocenters. The van der Waals surface area contributed by atoms with Gasteiger partial charge in [-0.2, -0.15) is 0 Å². The number of ketones is 1. The van der Waals surface area contributed by atoms with Gasteiger partial charge in [0.25, 0.3) is 11.1 Å². The summed E-state index contributed by atoms with van der Waals surface area (Å²) in [5, 5.41) is 8.46. The first kappa shape index (κ1) is 19.5. The van der Waals surface area contributed by atoms with Gasteiger partial charge >= 0.3 is 0 Å². The van der Waals surface area contributed by atoms with Gasteiger partial charge in [0, 0.05) is 10.6 Å². The molecule has 27 heavy (non-hydrogen) atoms. The molecular weight excluding hydrogens is 384 g/mol. The molecule has 1 unspecified atom stereocenters. The van der Waals surface area contributed by atoms with Crippen molar-refractivity contribution < 1.29 is 13.9 Å². The summed E-state index contributed by atoms with van der Waals surface area (Å²) in [6, 6.07) is 12.9. The summed E-state index contributed by atoms with van der Waals surface area (Å²) in [4.78, 5) is 12.5. The van der Waals surface area contributed by atoms with Crippen molar-refractivity contribution in [1.82, 2.24) is 10.2 Å². The molecule has 0 fully saturated rings. The van der Waals surface area contributed by atoms with Crippen molar-refractivity contribution in [1.29, 1.82) is 0 Å². The van der Waals surface area contributed by atoms with Crippen molar-refractivity contribution in [3.8, 4) is 5.75 Å². The number of carbonyl (C=O) groups is 1. The monoisotopic (exact) mass is 402 g/mol. The van der Waals surface area contributed by atoms with Crippen LogP contribution in [-0.2, 0) is 6.61 Å². The number of nitrogens with zero attached hydrogens (tertiary/aromatic N) is 2. The third-order valence-corrected chi connectivity index (χ3v) is 5.07. The second-order valence-electron chi connectivity index (χ2n) is 6.15. The van der Waals surface area contributed by atoms with Crippen LogP contribution in [0.25, 0.3) is 0 Å². The van der Waals surface area contributed by atoms with Gasteiger partial charge in [-0.25, -0.2) is 0 Å². The van der Waals surface area contributed by atoms with E-state index in [4.69, 9.17) is 20.8 Å². The Balaban J connectivity index is 1.60. The van der Waals surface area contributed by atoms with Gasteiger partial charge in [0.15, 0.2) is 12.4 Å². The normalized spacial score (nSPS) is 12.0. The molecule has 0 radical (unpaired) electrons. The maximum Gasteiger partial charge on any atom is 0.277 e. The van der Waals surface area contributed by atoms with E-state index in [-0.39, 0.29) is 17.6 Å². The van der Waals surface area contributed by atoms with E-state index in [0.29, 0.717) is 21.7 Å². The highest BCUT2D eigenvalue weighted by Crippen LogP contribution is 2.26. The SMILES string of the molecule is Cc1ccc(C)c(OCc2nnc(SC(C)C(=O)c3cccc(Cl)c3)o2)c1. The van der Waals surface area contributed by atoms with E-state index in [1.165, 1.54) is 11.8 Å². The highest BCUT2D eigenvalue weighted by molar-refractivity contribution is 8.00. The lowest BCUT2D eigenvalue weighted by atomic mass is 10.1. The Morgan fingerprint density at radius 2 is 2.04 bits per heavy atom. The molecule has 0 amide bonds. The minimum absolute atomic E-state index is 0.0473. The topological polar surface area (TPSA) is 65.2 Å². The fourth-order valence-corrected chi connectivity index (χ4v) is 3.40. The first-order chi connectivity index (χ1) is 12.9. The van der Waals surface area contributed by atoms with Gasteiger partial charge in [-0.1, -0.05) is 47.6 Å². The summed E-state index contributed by atoms with van der Waals surface area (Å²) >= 11 is 7.16. The number of thioether (sulfide) groups is 1. The number of halogens is 1. The average Bonchev–Trinajstić information content (AvgIpc) is 3.09. The van der Waals surface area contributed by atoms with E-state index in [0.717, 1.165) is 16.9 Å². The van der Waals surface area contributed by atoms with Crippen molar-refractivity contribution in [2.75, 3.05) is 0 Å². The van der Waals surface area contributed by atoms with Gasteiger partial charge in [-0.15, -0.1) is 10.2 Å². The smallest absolute Gasteiger partial charge is 0.277 e. The van der Waals surface area contributed by atoms with Gasteiger partial charge in [0.05, 0.1) is 5.25 Å². The van der Waals surface area contributed by atoms with E-state index in [9.17, 15) is 4.79 Å². The Morgan fingerprint density at radius 3 is 2.81 bits per heavy atom. The van der Waals surface area contributed by atoms with Crippen molar-refractivity contribution in [3.05, 3.63) is 70.1 Å². The van der Waals surface area contributed by atoms with Crippen LogP contribution in [0.2, 0.25) is 5.02 Å². The zero-order valence-electron chi connectivity index (χ0n) is 15.2. The molecule has 0 aliphatic carbocycles. The number of aromatic nitrogens is 2. The summed E-state index contributed by atoms with van der Waals surface area (Å²) in [6.45, 7) is 5.96. The molecule has 0 saturated heterocycles. The number of hydrogen-bond acceptors (Lipinski definition) is 6. The molecule has 0 aliphatic rings. The van der Waals surface area contributed by atoms with Crippen LogP contribution in [0.3, 0.4) is 0 Å². The minimum Gasteiger partial charge on any atom is -0.484 e. The fourth-order valence-electron chi connectivity index (χ4n) is 2.43. The van der Waals surface area contributed by atoms with Crippen LogP contribution in [0, 0.1) is 13.8 Å². The Bertz CT molecular complexity index is 958. The molecule has 140 valence electrons. The van der Waals surface area contributed by atoms with Crippen molar-refractivity contribution in [3.63, 3.8) is 0 Å². The number of carbonyl (C=O) groups excluding carboxylic acids is 1. The van der Waals surface area contributed by atoms with Gasteiger partial charge in [-0.3, -0.25) is 4.79 Å². The molecule has 1 heterocycles. The number of ether oxygens (including phenoxy) is 1. The van der Waals surface area contributed by atoms with Crippen molar-refractivity contribution in [2.45, 2.75) is 37.9 Å². The predicted molar refractivity (Wildman–Crippen MR) is 106 cm³/mol. The number of hydrogen-bond donors (Lipinski definition) is 0. The molecule has 0 N–H and O–H groups in total. The summed E-state index contributed by atoms with van der Waals surface area (Å²) in [5.41, 5.74) is 2.71.